The van der Waals surface area contributed by atoms with Crippen LogP contribution in [0.3, 0.4) is 0 Å². The van der Waals surface area contributed by atoms with Gasteiger partial charge in [0.05, 0.1) is 0 Å². The Balaban J connectivity index is 1.44. The molecule has 2 heteroatoms. The molecular weight excluding hydrogens is 617 g/mol. The van der Waals surface area contributed by atoms with Crippen LogP contribution in [0.2, 0.25) is 0 Å². The van der Waals surface area contributed by atoms with Gasteiger partial charge in [0.25, 0.3) is 0 Å². The van der Waals surface area contributed by atoms with E-state index in [2.05, 4.69) is 164 Å². The summed E-state index contributed by atoms with van der Waals surface area (Å²) in [6.45, 7) is 6.17. The molecule has 2 aromatic carbocycles. The molecule has 0 amide bonds. The van der Waals surface area contributed by atoms with E-state index >= 15 is 0 Å². The zero-order chi connectivity index (χ0) is 35.1. The molecular formula is C49H54N2. The van der Waals surface area contributed by atoms with Crippen LogP contribution in [0.15, 0.2) is 170 Å². The molecule has 0 saturated carbocycles. The summed E-state index contributed by atoms with van der Waals surface area (Å²) in [4.78, 5) is 7.63. The zero-order valence-electron chi connectivity index (χ0n) is 30.5. The van der Waals surface area contributed by atoms with E-state index in [9.17, 15) is 0 Å². The van der Waals surface area contributed by atoms with E-state index in [4.69, 9.17) is 4.98 Å². The standard InChI is InChI=1S/C49H54N2/c1-3-5-6-11-22-39(4-2)23-21-34-51(46-33-17-8-7-12-24-41-27-18-19-30-44(41)36-46)49-37-47(42-28-15-10-16-29-42)48(38-50-49)45-32-20-31-43(35-45)40-25-13-9-14-26-40/h3,7-8,10,12-13,15-18,20-21,23,25-29,31-32,34-38,41,44H,1,4-6,9,11,14,19,22,24,30,33H2,2H3/b12-7-,17-8-,34-21+,39-23+,46-36+. The maximum Gasteiger partial charge on any atom is 0.137 e. The Morgan fingerprint density at radius 1 is 0.863 bits per heavy atom. The monoisotopic (exact) mass is 670 g/mol. The lowest BCUT2D eigenvalue weighted by Crippen LogP contribution is -2.21. The lowest BCUT2D eigenvalue weighted by Gasteiger charge is -2.29. The second-order valence-electron chi connectivity index (χ2n) is 13.9. The average Bonchev–Trinajstić information content (AvgIpc) is 3.19. The van der Waals surface area contributed by atoms with Crippen molar-refractivity contribution in [3.05, 3.63) is 175 Å². The number of hydrogen-bond donors (Lipinski definition) is 0. The lowest BCUT2D eigenvalue weighted by molar-refractivity contribution is 0.429. The van der Waals surface area contributed by atoms with Crippen molar-refractivity contribution in [2.24, 2.45) is 11.8 Å². The van der Waals surface area contributed by atoms with Gasteiger partial charge in [-0.25, -0.2) is 4.98 Å². The second kappa shape index (κ2) is 18.9. The van der Waals surface area contributed by atoms with Crippen LogP contribution >= 0.6 is 0 Å². The van der Waals surface area contributed by atoms with Gasteiger partial charge in [0.1, 0.15) is 5.82 Å². The van der Waals surface area contributed by atoms with Crippen molar-refractivity contribution in [2.45, 2.75) is 77.6 Å². The molecule has 0 spiro atoms. The highest BCUT2D eigenvalue weighted by atomic mass is 15.2. The van der Waals surface area contributed by atoms with Gasteiger partial charge in [-0.3, -0.25) is 0 Å². The quantitative estimate of drug-likeness (QED) is 0.102. The third-order valence-corrected chi connectivity index (χ3v) is 10.3. The number of nitrogens with zero attached hydrogens (tertiary/aromatic N) is 2. The molecule has 0 fully saturated rings. The molecule has 3 aromatic rings. The number of allylic oxidation sites excluding steroid dienone is 15. The minimum Gasteiger partial charge on any atom is -0.306 e. The zero-order valence-corrected chi connectivity index (χ0v) is 30.5. The number of hydrogen-bond acceptors (Lipinski definition) is 2. The van der Waals surface area contributed by atoms with Gasteiger partial charge < -0.3 is 4.90 Å². The number of aromatic nitrogens is 1. The smallest absolute Gasteiger partial charge is 0.137 e. The van der Waals surface area contributed by atoms with Gasteiger partial charge in [0.2, 0.25) is 0 Å². The van der Waals surface area contributed by atoms with E-state index in [1.807, 2.05) is 6.08 Å². The highest BCUT2D eigenvalue weighted by molar-refractivity contribution is 5.87. The molecule has 0 saturated heterocycles. The number of unbranched alkanes of at least 4 members (excludes halogenated alkanes) is 2. The first kappa shape index (κ1) is 35.9. The Morgan fingerprint density at radius 2 is 1.73 bits per heavy atom. The van der Waals surface area contributed by atoms with E-state index in [0.29, 0.717) is 11.8 Å². The van der Waals surface area contributed by atoms with Crippen LogP contribution in [0.1, 0.15) is 83.1 Å². The van der Waals surface area contributed by atoms with Gasteiger partial charge >= 0.3 is 0 Å². The van der Waals surface area contributed by atoms with Gasteiger partial charge in [0, 0.05) is 30.1 Å². The van der Waals surface area contributed by atoms with Gasteiger partial charge in [-0.15, -0.1) is 6.58 Å². The molecule has 0 aliphatic heterocycles. The fourth-order valence-corrected chi connectivity index (χ4v) is 7.41. The normalized spacial score (nSPS) is 21.3. The Bertz CT molecular complexity index is 1860. The predicted octanol–water partition coefficient (Wildman–Crippen LogP) is 13.9. The molecule has 1 heterocycles. The molecule has 2 nitrogen and oxygen atoms in total. The van der Waals surface area contributed by atoms with E-state index in [-0.39, 0.29) is 0 Å². The van der Waals surface area contributed by atoms with Crippen LogP contribution < -0.4 is 4.90 Å². The SMILES string of the molecule is C=CCCCC/C(=C/C=C/N(/C1=C/C2CCC=CC2C/C=C\C=C/C1)c1cc(-c2ccccc2)c(-c2cccc(C3=CCCC=C3)c2)cn1)CC. The Labute approximate surface area is 307 Å². The third-order valence-electron chi connectivity index (χ3n) is 10.3. The summed E-state index contributed by atoms with van der Waals surface area (Å²) < 4.78 is 0. The number of rotatable bonds is 13. The van der Waals surface area contributed by atoms with E-state index in [1.54, 1.807) is 0 Å². The topological polar surface area (TPSA) is 16.1 Å². The maximum absolute atomic E-state index is 5.27. The van der Waals surface area contributed by atoms with Gasteiger partial charge in [0.15, 0.2) is 0 Å². The summed E-state index contributed by atoms with van der Waals surface area (Å²) in [5.41, 5.74) is 10.0. The van der Waals surface area contributed by atoms with Crippen LogP contribution in [-0.4, -0.2) is 4.98 Å². The van der Waals surface area contributed by atoms with Crippen LogP contribution in [-0.2, 0) is 0 Å². The Kier molecular flexibility index (Phi) is 13.3. The summed E-state index contributed by atoms with van der Waals surface area (Å²) in [6, 6.07) is 22.1. The first-order chi connectivity index (χ1) is 25.2. The highest BCUT2D eigenvalue weighted by Gasteiger charge is 2.22. The van der Waals surface area contributed by atoms with Gasteiger partial charge in [-0.05, 0) is 122 Å². The minimum atomic E-state index is 0.488. The van der Waals surface area contributed by atoms with Crippen molar-refractivity contribution < 1.29 is 0 Å². The molecule has 1 aromatic heterocycles. The number of fused-ring (bicyclic) bond motifs is 1. The molecule has 0 bridgehead atoms. The average molecular weight is 671 g/mol. The van der Waals surface area contributed by atoms with E-state index in [1.165, 1.54) is 58.4 Å². The lowest BCUT2D eigenvalue weighted by atomic mass is 9.81. The summed E-state index contributed by atoms with van der Waals surface area (Å²) in [7, 11) is 0. The van der Waals surface area contributed by atoms with Crippen molar-refractivity contribution in [1.82, 2.24) is 4.98 Å². The molecule has 6 rings (SSSR count). The molecule has 3 aliphatic carbocycles. The summed E-state index contributed by atoms with van der Waals surface area (Å²) in [6.07, 6.45) is 46.3. The van der Waals surface area contributed by atoms with Crippen LogP contribution in [0.4, 0.5) is 5.82 Å². The van der Waals surface area contributed by atoms with Gasteiger partial charge in [-0.2, -0.15) is 0 Å². The van der Waals surface area contributed by atoms with E-state index in [0.717, 1.165) is 62.7 Å². The fourth-order valence-electron chi connectivity index (χ4n) is 7.41. The second-order valence-corrected chi connectivity index (χ2v) is 13.9. The third kappa shape index (κ3) is 9.85. The molecule has 51 heavy (non-hydrogen) atoms. The summed E-state index contributed by atoms with van der Waals surface area (Å²) >= 11 is 0. The largest absolute Gasteiger partial charge is 0.306 e. The fraction of sp³-hybridized carbons (Fsp3) is 0.286. The van der Waals surface area contributed by atoms with Crippen LogP contribution in [0, 0.1) is 11.8 Å². The summed E-state index contributed by atoms with van der Waals surface area (Å²) in [5.74, 6) is 1.94. The molecule has 0 N–H and O–H groups in total. The highest BCUT2D eigenvalue weighted by Crippen LogP contribution is 2.38. The van der Waals surface area contributed by atoms with Crippen molar-refractivity contribution in [1.29, 1.82) is 0 Å². The van der Waals surface area contributed by atoms with Crippen LogP contribution in [0.25, 0.3) is 27.8 Å². The number of pyridine rings is 1. The number of benzene rings is 2. The summed E-state index contributed by atoms with van der Waals surface area (Å²) in [5, 5.41) is 0. The van der Waals surface area contributed by atoms with E-state index < -0.39 is 0 Å². The maximum atomic E-state index is 5.27. The molecule has 2 unspecified atom stereocenters. The minimum absolute atomic E-state index is 0.488. The van der Waals surface area contributed by atoms with Crippen molar-refractivity contribution >= 4 is 11.4 Å². The Hall–Kier alpha value is -4.95. The molecule has 0 radical (unpaired) electrons. The van der Waals surface area contributed by atoms with Crippen molar-refractivity contribution in [3.63, 3.8) is 0 Å². The first-order valence-electron chi connectivity index (χ1n) is 19.2. The van der Waals surface area contributed by atoms with Crippen molar-refractivity contribution in [3.8, 4) is 22.3 Å². The number of anilines is 1. The van der Waals surface area contributed by atoms with Crippen molar-refractivity contribution in [2.75, 3.05) is 4.90 Å². The van der Waals surface area contributed by atoms with Gasteiger partial charge in [-0.1, -0.05) is 134 Å². The molecule has 260 valence electrons. The predicted molar refractivity (Wildman–Crippen MR) is 221 cm³/mol. The molecule has 2 atom stereocenters. The molecule has 3 aliphatic rings. The first-order valence-corrected chi connectivity index (χ1v) is 19.2. The Morgan fingerprint density at radius 3 is 2.57 bits per heavy atom. The van der Waals surface area contributed by atoms with Crippen LogP contribution in [0.5, 0.6) is 0 Å².